The topological polar surface area (TPSA) is 97.8 Å². The van der Waals surface area contributed by atoms with Crippen LogP contribution >= 0.6 is 15.9 Å². The lowest BCUT2D eigenvalue weighted by molar-refractivity contribution is 0.104. The molecule has 0 unspecified atom stereocenters. The average Bonchev–Trinajstić information content (AvgIpc) is 2.59. The number of hydrogen-bond donors (Lipinski definition) is 3. The van der Waals surface area contributed by atoms with Crippen LogP contribution in [0.3, 0.4) is 0 Å². The third-order valence-corrected chi connectivity index (χ3v) is 2.68. The summed E-state index contributed by atoms with van der Waals surface area (Å²) in [7, 11) is 0. The van der Waals surface area contributed by atoms with Crippen LogP contribution in [0.5, 0.6) is 0 Å². The number of H-pyrrole nitrogens is 1. The number of anilines is 2. The van der Waals surface area contributed by atoms with Crippen molar-refractivity contribution in [1.82, 2.24) is 10.2 Å². The zero-order chi connectivity index (χ0) is 11.7. The Kier molecular flexibility index (Phi) is 2.66. The number of nitrogens with zero attached hydrogens (tertiary/aromatic N) is 1. The SMILES string of the molecule is Nc1n[nH]c(N)c1C(=O)c1ccc(Br)cc1. The molecular formula is C10H9BrN4O. The number of nitrogen functional groups attached to an aromatic ring is 2. The van der Waals surface area contributed by atoms with Crippen LogP contribution in [0.1, 0.15) is 15.9 Å². The summed E-state index contributed by atoms with van der Waals surface area (Å²) < 4.78 is 0.900. The average molecular weight is 281 g/mol. The Balaban J connectivity index is 2.43. The van der Waals surface area contributed by atoms with E-state index in [9.17, 15) is 4.79 Å². The maximum absolute atomic E-state index is 12.0. The van der Waals surface area contributed by atoms with Crippen molar-refractivity contribution in [2.75, 3.05) is 11.5 Å². The highest BCUT2D eigenvalue weighted by Gasteiger charge is 2.18. The van der Waals surface area contributed by atoms with Crippen molar-refractivity contribution in [1.29, 1.82) is 0 Å². The summed E-state index contributed by atoms with van der Waals surface area (Å²) >= 11 is 3.29. The number of aromatic amines is 1. The van der Waals surface area contributed by atoms with Crippen molar-refractivity contribution in [2.24, 2.45) is 0 Å². The fourth-order valence-electron chi connectivity index (χ4n) is 1.35. The van der Waals surface area contributed by atoms with Crippen LogP contribution in [0, 0.1) is 0 Å². The van der Waals surface area contributed by atoms with Crippen LogP contribution in [0.15, 0.2) is 28.7 Å². The van der Waals surface area contributed by atoms with E-state index in [2.05, 4.69) is 26.1 Å². The van der Waals surface area contributed by atoms with Crippen molar-refractivity contribution >= 4 is 33.3 Å². The normalized spacial score (nSPS) is 10.3. The second-order valence-corrected chi connectivity index (χ2v) is 4.15. The van der Waals surface area contributed by atoms with Gasteiger partial charge in [0.1, 0.15) is 11.4 Å². The largest absolute Gasteiger partial charge is 0.383 e. The molecule has 5 N–H and O–H groups in total. The molecule has 2 aromatic rings. The van der Waals surface area contributed by atoms with Gasteiger partial charge in [0.25, 0.3) is 0 Å². The molecule has 0 aliphatic heterocycles. The minimum atomic E-state index is -0.240. The molecule has 0 saturated heterocycles. The van der Waals surface area contributed by atoms with E-state index in [1.165, 1.54) is 0 Å². The summed E-state index contributed by atoms with van der Waals surface area (Å²) in [5, 5.41) is 6.15. The van der Waals surface area contributed by atoms with E-state index in [1.54, 1.807) is 24.3 Å². The summed E-state index contributed by atoms with van der Waals surface area (Å²) in [5.74, 6) is 0.0621. The molecule has 16 heavy (non-hydrogen) atoms. The van der Waals surface area contributed by atoms with E-state index in [4.69, 9.17) is 11.5 Å². The van der Waals surface area contributed by atoms with Crippen LogP contribution in [0.2, 0.25) is 0 Å². The molecule has 6 heteroatoms. The molecule has 82 valence electrons. The van der Waals surface area contributed by atoms with Crippen LogP contribution < -0.4 is 11.5 Å². The number of halogens is 1. The minimum absolute atomic E-state index is 0.116. The number of benzene rings is 1. The zero-order valence-corrected chi connectivity index (χ0v) is 9.78. The second kappa shape index (κ2) is 3.97. The summed E-state index contributed by atoms with van der Waals surface area (Å²) in [5.41, 5.74) is 11.9. The van der Waals surface area contributed by atoms with Gasteiger partial charge in [-0.1, -0.05) is 15.9 Å². The van der Waals surface area contributed by atoms with Crippen molar-refractivity contribution in [3.63, 3.8) is 0 Å². The number of hydrogen-bond acceptors (Lipinski definition) is 4. The van der Waals surface area contributed by atoms with Gasteiger partial charge in [0, 0.05) is 10.0 Å². The van der Waals surface area contributed by atoms with E-state index >= 15 is 0 Å². The Morgan fingerprint density at radius 1 is 1.25 bits per heavy atom. The molecule has 0 spiro atoms. The highest BCUT2D eigenvalue weighted by atomic mass is 79.9. The van der Waals surface area contributed by atoms with Gasteiger partial charge in [0.15, 0.2) is 5.82 Å². The van der Waals surface area contributed by atoms with Gasteiger partial charge in [0.2, 0.25) is 5.78 Å². The van der Waals surface area contributed by atoms with Crippen LogP contribution in [0.25, 0.3) is 0 Å². The number of aromatic nitrogens is 2. The maximum atomic E-state index is 12.0. The van der Waals surface area contributed by atoms with Crippen LogP contribution in [-0.4, -0.2) is 16.0 Å². The molecular weight excluding hydrogens is 272 g/mol. The number of rotatable bonds is 2. The van der Waals surface area contributed by atoms with Gasteiger partial charge < -0.3 is 11.5 Å². The third kappa shape index (κ3) is 1.79. The predicted octanol–water partition coefficient (Wildman–Crippen LogP) is 1.57. The molecule has 0 radical (unpaired) electrons. The van der Waals surface area contributed by atoms with E-state index in [0.717, 1.165) is 4.47 Å². The van der Waals surface area contributed by atoms with Crippen molar-refractivity contribution in [3.05, 3.63) is 39.9 Å². The lowest BCUT2D eigenvalue weighted by Gasteiger charge is -2.00. The molecule has 1 aromatic heterocycles. The first-order chi connectivity index (χ1) is 7.59. The third-order valence-electron chi connectivity index (χ3n) is 2.16. The van der Waals surface area contributed by atoms with Gasteiger partial charge in [-0.25, -0.2) is 0 Å². The molecule has 0 atom stereocenters. The summed E-state index contributed by atoms with van der Waals surface area (Å²) in [4.78, 5) is 12.0. The van der Waals surface area contributed by atoms with Gasteiger partial charge in [-0.15, -0.1) is 0 Å². The molecule has 0 amide bonds. The minimum Gasteiger partial charge on any atom is -0.383 e. The quantitative estimate of drug-likeness (QED) is 0.728. The number of carbonyl (C=O) groups excluding carboxylic acids is 1. The van der Waals surface area contributed by atoms with Crippen molar-refractivity contribution in [2.45, 2.75) is 0 Å². The van der Waals surface area contributed by atoms with Gasteiger partial charge >= 0.3 is 0 Å². The number of nitrogens with one attached hydrogen (secondary N) is 1. The number of carbonyl (C=O) groups is 1. The van der Waals surface area contributed by atoms with E-state index in [1.807, 2.05) is 0 Å². The molecule has 1 heterocycles. The standard InChI is InChI=1S/C10H9BrN4O/c11-6-3-1-5(2-4-6)8(16)7-9(12)14-15-10(7)13/h1-4H,(H5,12,13,14,15). The van der Waals surface area contributed by atoms with Gasteiger partial charge in [-0.3, -0.25) is 9.89 Å². The van der Waals surface area contributed by atoms with Crippen LogP contribution in [-0.2, 0) is 0 Å². The highest BCUT2D eigenvalue weighted by Crippen LogP contribution is 2.21. The zero-order valence-electron chi connectivity index (χ0n) is 8.20. The fourth-order valence-corrected chi connectivity index (χ4v) is 1.62. The summed E-state index contributed by atoms with van der Waals surface area (Å²) in [6.07, 6.45) is 0. The summed E-state index contributed by atoms with van der Waals surface area (Å²) in [6.45, 7) is 0. The molecule has 0 aliphatic carbocycles. The van der Waals surface area contributed by atoms with E-state index in [0.29, 0.717) is 5.56 Å². The Labute approximate surface area is 100.0 Å². The molecule has 0 bridgehead atoms. The smallest absolute Gasteiger partial charge is 0.200 e. The van der Waals surface area contributed by atoms with Crippen LogP contribution in [0.4, 0.5) is 11.6 Å². The molecule has 0 fully saturated rings. The Morgan fingerprint density at radius 3 is 2.38 bits per heavy atom. The molecule has 1 aromatic carbocycles. The van der Waals surface area contributed by atoms with Gasteiger partial charge in [-0.2, -0.15) is 5.10 Å². The van der Waals surface area contributed by atoms with Crippen molar-refractivity contribution < 1.29 is 4.79 Å². The van der Waals surface area contributed by atoms with Crippen molar-refractivity contribution in [3.8, 4) is 0 Å². The number of ketones is 1. The number of nitrogens with two attached hydrogens (primary N) is 2. The molecule has 2 rings (SSSR count). The maximum Gasteiger partial charge on any atom is 0.200 e. The Morgan fingerprint density at radius 2 is 1.88 bits per heavy atom. The molecule has 0 aliphatic rings. The Bertz CT molecular complexity index is 513. The highest BCUT2D eigenvalue weighted by molar-refractivity contribution is 9.10. The monoisotopic (exact) mass is 280 g/mol. The first-order valence-electron chi connectivity index (χ1n) is 4.49. The van der Waals surface area contributed by atoms with E-state index in [-0.39, 0.29) is 23.0 Å². The van der Waals surface area contributed by atoms with Gasteiger partial charge in [0.05, 0.1) is 0 Å². The Hall–Kier alpha value is -1.82. The van der Waals surface area contributed by atoms with Gasteiger partial charge in [-0.05, 0) is 24.3 Å². The molecule has 0 saturated carbocycles. The molecule has 5 nitrogen and oxygen atoms in total. The van der Waals surface area contributed by atoms with E-state index < -0.39 is 0 Å². The second-order valence-electron chi connectivity index (χ2n) is 3.23. The summed E-state index contributed by atoms with van der Waals surface area (Å²) in [6, 6.07) is 6.94. The lowest BCUT2D eigenvalue weighted by Crippen LogP contribution is -2.06. The predicted molar refractivity (Wildman–Crippen MR) is 65.0 cm³/mol. The fraction of sp³-hybridized carbons (Fsp3) is 0. The first kappa shape index (κ1) is 10.7. The lowest BCUT2D eigenvalue weighted by atomic mass is 10.1. The first-order valence-corrected chi connectivity index (χ1v) is 5.28.